The molecule has 2 aromatic carbocycles. The van der Waals surface area contributed by atoms with E-state index < -0.39 is 0 Å². The van der Waals surface area contributed by atoms with E-state index in [-0.39, 0.29) is 11.7 Å². The summed E-state index contributed by atoms with van der Waals surface area (Å²) in [5, 5.41) is 0. The number of pyridine rings is 1. The first kappa shape index (κ1) is 21.9. The number of piperazine rings is 1. The summed E-state index contributed by atoms with van der Waals surface area (Å²) in [4.78, 5) is 19.1. The highest BCUT2D eigenvalue weighted by Gasteiger charge is 2.28. The van der Waals surface area contributed by atoms with Gasteiger partial charge in [0.2, 0.25) is 5.95 Å². The van der Waals surface area contributed by atoms with Crippen LogP contribution in [0, 0.1) is 5.82 Å². The van der Waals surface area contributed by atoms with Crippen LogP contribution in [0.2, 0.25) is 0 Å². The Morgan fingerprint density at radius 2 is 1.66 bits per heavy atom. The number of hydrogen-bond acceptors (Lipinski definition) is 5. The molecule has 6 heteroatoms. The molecule has 1 aliphatic heterocycles. The van der Waals surface area contributed by atoms with Crippen LogP contribution in [0.15, 0.2) is 79.1 Å². The summed E-state index contributed by atoms with van der Waals surface area (Å²) < 4.78 is 13.5. The van der Waals surface area contributed by atoms with Crippen molar-refractivity contribution in [3.05, 3.63) is 107 Å². The van der Waals surface area contributed by atoms with Gasteiger partial charge >= 0.3 is 0 Å². The summed E-state index contributed by atoms with van der Waals surface area (Å²) in [6.07, 6.45) is 5.65. The highest BCUT2D eigenvalue weighted by molar-refractivity contribution is 5.72. The molecule has 1 fully saturated rings. The van der Waals surface area contributed by atoms with Crippen molar-refractivity contribution in [1.82, 2.24) is 19.9 Å². The molecule has 2 aliphatic rings. The first-order valence-electron chi connectivity index (χ1n) is 12.3. The monoisotopic (exact) mass is 465 g/mol. The maximum Gasteiger partial charge on any atom is 0.225 e. The van der Waals surface area contributed by atoms with Gasteiger partial charge in [0.15, 0.2) is 0 Å². The Hall–Kier alpha value is -3.64. The molecule has 1 saturated heterocycles. The van der Waals surface area contributed by atoms with Crippen molar-refractivity contribution in [3.8, 4) is 11.3 Å². The van der Waals surface area contributed by atoms with E-state index in [0.29, 0.717) is 0 Å². The van der Waals surface area contributed by atoms with Gasteiger partial charge in [0.25, 0.3) is 0 Å². The number of rotatable bonds is 5. The van der Waals surface area contributed by atoms with Crippen LogP contribution in [0.5, 0.6) is 0 Å². The third-order valence-corrected chi connectivity index (χ3v) is 7.21. The van der Waals surface area contributed by atoms with Gasteiger partial charge in [-0.3, -0.25) is 9.88 Å². The first-order valence-corrected chi connectivity index (χ1v) is 12.3. The standard InChI is InChI=1S/C29H28FN5/c30-23-10-8-21(9-11-23)27-19-22-20-32-29(33-28(22)26-7-2-1-6-25(26)27)35-17-15-34(16-18-35)14-12-24-5-3-4-13-31-24/h1-11,13,20,27H,12,14-19H2. The number of anilines is 1. The van der Waals surface area contributed by atoms with Crippen molar-refractivity contribution in [3.63, 3.8) is 0 Å². The largest absolute Gasteiger partial charge is 0.338 e. The fraction of sp³-hybridized carbons (Fsp3) is 0.276. The number of aromatic nitrogens is 3. The van der Waals surface area contributed by atoms with Gasteiger partial charge in [-0.2, -0.15) is 0 Å². The number of fused-ring (bicyclic) bond motifs is 3. The maximum atomic E-state index is 13.5. The Morgan fingerprint density at radius 3 is 2.46 bits per heavy atom. The van der Waals surface area contributed by atoms with Crippen molar-refractivity contribution >= 4 is 5.95 Å². The highest BCUT2D eigenvalue weighted by Crippen LogP contribution is 2.42. The Morgan fingerprint density at radius 1 is 0.857 bits per heavy atom. The molecule has 0 radical (unpaired) electrons. The van der Waals surface area contributed by atoms with Crippen LogP contribution < -0.4 is 4.90 Å². The minimum atomic E-state index is -0.206. The van der Waals surface area contributed by atoms with Crippen molar-refractivity contribution in [2.45, 2.75) is 18.8 Å². The van der Waals surface area contributed by atoms with Gasteiger partial charge in [-0.25, -0.2) is 14.4 Å². The molecule has 35 heavy (non-hydrogen) atoms. The van der Waals surface area contributed by atoms with Gasteiger partial charge in [0.05, 0.1) is 5.69 Å². The maximum absolute atomic E-state index is 13.5. The second-order valence-electron chi connectivity index (χ2n) is 9.34. The van der Waals surface area contributed by atoms with Crippen LogP contribution >= 0.6 is 0 Å². The normalized spacial score (nSPS) is 17.6. The molecule has 1 atom stereocenters. The summed E-state index contributed by atoms with van der Waals surface area (Å²) in [5.41, 5.74) is 6.84. The molecule has 0 saturated carbocycles. The molecular formula is C29H28FN5. The second kappa shape index (κ2) is 9.55. The number of nitrogens with zero attached hydrogens (tertiary/aromatic N) is 5. The zero-order valence-electron chi connectivity index (χ0n) is 19.6. The lowest BCUT2D eigenvalue weighted by Crippen LogP contribution is -2.47. The van der Waals surface area contributed by atoms with Crippen LogP contribution in [0.1, 0.15) is 28.3 Å². The van der Waals surface area contributed by atoms with E-state index in [1.807, 2.05) is 36.7 Å². The van der Waals surface area contributed by atoms with Crippen molar-refractivity contribution < 1.29 is 4.39 Å². The topological polar surface area (TPSA) is 45.2 Å². The summed E-state index contributed by atoms with van der Waals surface area (Å²) in [6, 6.07) is 21.4. The van der Waals surface area contributed by atoms with Crippen LogP contribution in [0.4, 0.5) is 10.3 Å². The lowest BCUT2D eigenvalue weighted by atomic mass is 9.78. The zero-order valence-corrected chi connectivity index (χ0v) is 19.6. The SMILES string of the molecule is Fc1ccc(C2Cc3cnc(N4CCN(CCc5ccccn5)CC4)nc3-c3ccccc32)cc1. The van der Waals surface area contributed by atoms with Gasteiger partial charge < -0.3 is 4.90 Å². The lowest BCUT2D eigenvalue weighted by molar-refractivity contribution is 0.259. The molecule has 176 valence electrons. The van der Waals surface area contributed by atoms with E-state index in [1.54, 1.807) is 12.1 Å². The van der Waals surface area contributed by atoms with Crippen LogP contribution in [0.3, 0.4) is 0 Å². The van der Waals surface area contributed by atoms with E-state index >= 15 is 0 Å². The minimum Gasteiger partial charge on any atom is -0.338 e. The van der Waals surface area contributed by atoms with E-state index in [0.717, 1.165) is 79.6 Å². The molecule has 4 aromatic rings. The summed E-state index contributed by atoms with van der Waals surface area (Å²) >= 11 is 0. The van der Waals surface area contributed by atoms with Gasteiger partial charge in [0.1, 0.15) is 5.82 Å². The van der Waals surface area contributed by atoms with E-state index in [1.165, 1.54) is 5.56 Å². The summed E-state index contributed by atoms with van der Waals surface area (Å²) in [6.45, 7) is 4.85. The van der Waals surface area contributed by atoms with Gasteiger partial charge in [-0.1, -0.05) is 42.5 Å². The Kier molecular flexibility index (Phi) is 5.96. The van der Waals surface area contributed by atoms with E-state index in [9.17, 15) is 4.39 Å². The average Bonchev–Trinajstić information content (AvgIpc) is 2.93. The quantitative estimate of drug-likeness (QED) is 0.426. The predicted octanol–water partition coefficient (Wildman–Crippen LogP) is 4.73. The first-order chi connectivity index (χ1) is 17.2. The van der Waals surface area contributed by atoms with Crippen LogP contribution in [0.25, 0.3) is 11.3 Å². The Bertz CT molecular complexity index is 1300. The van der Waals surface area contributed by atoms with Gasteiger partial charge in [0, 0.05) is 68.7 Å². The lowest BCUT2D eigenvalue weighted by Gasteiger charge is -2.35. The summed E-state index contributed by atoms with van der Waals surface area (Å²) in [5.74, 6) is 0.780. The molecular weight excluding hydrogens is 437 g/mol. The van der Waals surface area contributed by atoms with Crippen molar-refractivity contribution in [1.29, 1.82) is 0 Å². The van der Waals surface area contributed by atoms with Gasteiger partial charge in [-0.05, 0) is 47.4 Å². The molecule has 0 amide bonds. The number of benzene rings is 2. The molecule has 1 unspecified atom stereocenters. The summed E-state index contributed by atoms with van der Waals surface area (Å²) in [7, 11) is 0. The van der Waals surface area contributed by atoms with Crippen LogP contribution in [-0.4, -0.2) is 52.6 Å². The molecule has 5 nitrogen and oxygen atoms in total. The predicted molar refractivity (Wildman–Crippen MR) is 136 cm³/mol. The van der Waals surface area contributed by atoms with Crippen LogP contribution in [-0.2, 0) is 12.8 Å². The minimum absolute atomic E-state index is 0.177. The molecule has 6 rings (SSSR count). The van der Waals surface area contributed by atoms with Gasteiger partial charge in [-0.15, -0.1) is 0 Å². The molecule has 3 heterocycles. The number of halogens is 1. The average molecular weight is 466 g/mol. The molecule has 0 bridgehead atoms. The fourth-order valence-corrected chi connectivity index (χ4v) is 5.26. The third kappa shape index (κ3) is 4.54. The number of hydrogen-bond donors (Lipinski definition) is 0. The van der Waals surface area contributed by atoms with E-state index in [2.05, 4.69) is 45.1 Å². The second-order valence-corrected chi connectivity index (χ2v) is 9.34. The van der Waals surface area contributed by atoms with E-state index in [4.69, 9.17) is 9.97 Å². The highest BCUT2D eigenvalue weighted by atomic mass is 19.1. The third-order valence-electron chi connectivity index (χ3n) is 7.21. The molecule has 2 aromatic heterocycles. The Labute approximate surface area is 205 Å². The molecule has 0 N–H and O–H groups in total. The molecule has 0 spiro atoms. The zero-order chi connectivity index (χ0) is 23.6. The van der Waals surface area contributed by atoms with Crippen molar-refractivity contribution in [2.24, 2.45) is 0 Å². The smallest absolute Gasteiger partial charge is 0.225 e. The molecule has 1 aliphatic carbocycles. The van der Waals surface area contributed by atoms with Crippen molar-refractivity contribution in [2.75, 3.05) is 37.6 Å². The Balaban J connectivity index is 1.18. The fourth-order valence-electron chi connectivity index (χ4n) is 5.26.